The molecule has 0 N–H and O–H groups in total. The molecule has 186 valence electrons. The van der Waals surface area contributed by atoms with Crippen molar-refractivity contribution < 1.29 is 19.1 Å². The molecule has 1 saturated heterocycles. The summed E-state index contributed by atoms with van der Waals surface area (Å²) in [4.78, 5) is 25.2. The highest BCUT2D eigenvalue weighted by Gasteiger charge is 2.34. The quantitative estimate of drug-likeness (QED) is 0.107. The molecule has 0 radical (unpaired) electrons. The number of hydrogen-bond donors (Lipinski definition) is 0. The lowest BCUT2D eigenvalue weighted by Gasteiger charge is -2.31. The average molecular weight is 503 g/mol. The molecule has 4 atom stereocenters. The molecule has 0 aromatic carbocycles. The smallest absolute Gasteiger partial charge is 0.306 e. The maximum absolute atomic E-state index is 12.9. The first-order valence-electron chi connectivity index (χ1n) is 12.2. The Balaban J connectivity index is 2.14. The molecule has 1 fully saturated rings. The molecule has 0 spiro atoms. The summed E-state index contributed by atoms with van der Waals surface area (Å²) in [5.74, 6) is 0.500. The van der Waals surface area contributed by atoms with Gasteiger partial charge >= 0.3 is 11.9 Å². The number of carbonyl (C=O) groups excluding carboxylic acids is 2. The molecular formula is C28H38O4S2. The fourth-order valence-electron chi connectivity index (χ4n) is 3.69. The zero-order valence-corrected chi connectivity index (χ0v) is 22.0. The summed E-state index contributed by atoms with van der Waals surface area (Å²) in [7, 11) is 3.91. The molecule has 0 saturated carbocycles. The van der Waals surface area contributed by atoms with Gasteiger partial charge in [-0.2, -0.15) is 0 Å². The number of unbranched alkanes of at least 4 members (excludes halogenated alkanes) is 1. The van der Waals surface area contributed by atoms with E-state index in [0.29, 0.717) is 11.7 Å². The third-order valence-electron chi connectivity index (χ3n) is 5.62. The molecule has 1 heterocycles. The zero-order chi connectivity index (χ0) is 24.6. The van der Waals surface area contributed by atoms with E-state index in [2.05, 4.69) is 6.58 Å². The molecule has 34 heavy (non-hydrogen) atoms. The number of hydrogen-bond acceptors (Lipinski definition) is 6. The van der Waals surface area contributed by atoms with E-state index in [1.165, 1.54) is 12.2 Å². The highest BCUT2D eigenvalue weighted by atomic mass is 33.1. The van der Waals surface area contributed by atoms with Gasteiger partial charge in [0.05, 0.1) is 0 Å². The lowest BCUT2D eigenvalue weighted by molar-refractivity contribution is -0.167. The van der Waals surface area contributed by atoms with Crippen molar-refractivity contribution in [1.29, 1.82) is 0 Å². The van der Waals surface area contributed by atoms with E-state index in [1.807, 2.05) is 83.2 Å². The molecule has 2 rings (SSSR count). The number of ether oxygens (including phenoxy) is 2. The molecule has 0 amide bonds. The molecule has 1 aliphatic heterocycles. The SMILES string of the molecule is C=C/C=C\C=C/C(C)C(OC(=O)CCCCC1CCSS1)C(OC(=O)CC)C1=CC=CCC=C1. The van der Waals surface area contributed by atoms with Gasteiger partial charge in [-0.25, -0.2) is 0 Å². The van der Waals surface area contributed by atoms with E-state index in [1.54, 1.807) is 13.0 Å². The van der Waals surface area contributed by atoms with Gasteiger partial charge < -0.3 is 9.47 Å². The first-order chi connectivity index (χ1) is 16.5. The van der Waals surface area contributed by atoms with E-state index >= 15 is 0 Å². The van der Waals surface area contributed by atoms with Crippen LogP contribution in [0.3, 0.4) is 0 Å². The molecule has 1 aliphatic carbocycles. The van der Waals surface area contributed by atoms with Crippen LogP contribution in [0.4, 0.5) is 0 Å². The van der Waals surface area contributed by atoms with E-state index in [-0.39, 0.29) is 24.3 Å². The second kappa shape index (κ2) is 16.7. The Morgan fingerprint density at radius 3 is 2.76 bits per heavy atom. The lowest BCUT2D eigenvalue weighted by Crippen LogP contribution is -2.40. The van der Waals surface area contributed by atoms with Crippen molar-refractivity contribution in [3.63, 3.8) is 0 Å². The molecule has 6 heteroatoms. The summed E-state index contributed by atoms with van der Waals surface area (Å²) in [5, 5.41) is 0.711. The molecule has 2 aliphatic rings. The highest BCUT2D eigenvalue weighted by molar-refractivity contribution is 8.77. The third kappa shape index (κ3) is 10.6. The first kappa shape index (κ1) is 28.3. The molecule has 4 nitrogen and oxygen atoms in total. The van der Waals surface area contributed by atoms with Crippen molar-refractivity contribution >= 4 is 33.5 Å². The molecule has 0 aromatic rings. The Hall–Kier alpha value is -1.92. The van der Waals surface area contributed by atoms with Crippen LogP contribution in [-0.2, 0) is 19.1 Å². The average Bonchev–Trinajstić information content (AvgIpc) is 3.21. The van der Waals surface area contributed by atoms with Gasteiger partial charge in [-0.15, -0.1) is 0 Å². The molecule has 0 aromatic heterocycles. The van der Waals surface area contributed by atoms with Crippen LogP contribution < -0.4 is 0 Å². The summed E-state index contributed by atoms with van der Waals surface area (Å²) in [6.45, 7) is 7.43. The second-order valence-corrected chi connectivity index (χ2v) is 11.2. The number of allylic oxidation sites excluding steroid dienone is 8. The minimum absolute atomic E-state index is 0.165. The van der Waals surface area contributed by atoms with E-state index < -0.39 is 12.2 Å². The Labute approximate surface area is 213 Å². The van der Waals surface area contributed by atoms with E-state index in [0.717, 1.165) is 31.3 Å². The van der Waals surface area contributed by atoms with Gasteiger partial charge in [-0.05, 0) is 31.3 Å². The monoisotopic (exact) mass is 502 g/mol. The molecule has 0 bridgehead atoms. The van der Waals surface area contributed by atoms with Crippen molar-refractivity contribution in [3.05, 3.63) is 72.9 Å². The van der Waals surface area contributed by atoms with E-state index in [4.69, 9.17) is 9.47 Å². The highest BCUT2D eigenvalue weighted by Crippen LogP contribution is 2.40. The predicted molar refractivity (Wildman–Crippen MR) is 146 cm³/mol. The Bertz CT molecular complexity index is 803. The van der Waals surface area contributed by atoms with Crippen LogP contribution in [0.5, 0.6) is 0 Å². The van der Waals surface area contributed by atoms with Gasteiger partial charge in [0.25, 0.3) is 0 Å². The summed E-state index contributed by atoms with van der Waals surface area (Å²) < 4.78 is 11.9. The van der Waals surface area contributed by atoms with Crippen LogP contribution in [0.15, 0.2) is 72.9 Å². The maximum atomic E-state index is 12.9. The van der Waals surface area contributed by atoms with Gasteiger partial charge in [-0.3, -0.25) is 9.59 Å². The number of esters is 2. The minimum atomic E-state index is -0.676. The van der Waals surface area contributed by atoms with Crippen LogP contribution in [0.1, 0.15) is 58.8 Å². The first-order valence-corrected chi connectivity index (χ1v) is 14.6. The topological polar surface area (TPSA) is 52.6 Å². The van der Waals surface area contributed by atoms with Crippen LogP contribution >= 0.6 is 21.6 Å². The Morgan fingerprint density at radius 1 is 1.18 bits per heavy atom. The van der Waals surface area contributed by atoms with Crippen molar-refractivity contribution in [2.45, 2.75) is 76.3 Å². The standard InChI is InChI=1S/C28H38O4S2/c1-4-6-7-10-15-22(3)27(32-26(30)19-14-13-18-24-20-21-33-34-24)28(31-25(29)5-2)23-16-11-8-9-12-17-23/h4,6-8,10-12,15-17,22,24,27-28H,1,5,9,13-14,18-21H2,2-3H3/b7-6-,15-10-. The van der Waals surface area contributed by atoms with Crippen LogP contribution in [0.2, 0.25) is 0 Å². The zero-order valence-electron chi connectivity index (χ0n) is 20.4. The third-order valence-corrected chi connectivity index (χ3v) is 8.63. The molecular weight excluding hydrogens is 464 g/mol. The molecule has 4 unspecified atom stereocenters. The van der Waals surface area contributed by atoms with Crippen molar-refractivity contribution in [3.8, 4) is 0 Å². The largest absolute Gasteiger partial charge is 0.457 e. The van der Waals surface area contributed by atoms with Crippen LogP contribution in [-0.4, -0.2) is 35.1 Å². The summed E-state index contributed by atoms with van der Waals surface area (Å²) >= 11 is 0. The fourth-order valence-corrected chi connectivity index (χ4v) is 6.72. The van der Waals surface area contributed by atoms with Gasteiger partial charge in [0.2, 0.25) is 0 Å². The summed E-state index contributed by atoms with van der Waals surface area (Å²) in [6.07, 6.45) is 23.6. The van der Waals surface area contributed by atoms with Crippen molar-refractivity contribution in [2.75, 3.05) is 5.75 Å². The Kier molecular flexibility index (Phi) is 13.9. The van der Waals surface area contributed by atoms with Crippen LogP contribution in [0, 0.1) is 5.92 Å². The lowest BCUT2D eigenvalue weighted by atomic mass is 9.93. The van der Waals surface area contributed by atoms with E-state index in [9.17, 15) is 9.59 Å². The normalized spacial score (nSPS) is 20.6. The van der Waals surface area contributed by atoms with Crippen LogP contribution in [0.25, 0.3) is 0 Å². The number of carbonyl (C=O) groups is 2. The van der Waals surface area contributed by atoms with Gasteiger partial charge in [0.15, 0.2) is 6.10 Å². The van der Waals surface area contributed by atoms with Crippen molar-refractivity contribution in [1.82, 2.24) is 0 Å². The van der Waals surface area contributed by atoms with Gasteiger partial charge in [0, 0.05) is 29.8 Å². The summed E-state index contributed by atoms with van der Waals surface area (Å²) in [6, 6.07) is 0. The van der Waals surface area contributed by atoms with Crippen molar-refractivity contribution in [2.24, 2.45) is 5.92 Å². The van der Waals surface area contributed by atoms with Gasteiger partial charge in [0.1, 0.15) is 6.10 Å². The maximum Gasteiger partial charge on any atom is 0.306 e. The van der Waals surface area contributed by atoms with Gasteiger partial charge in [-0.1, -0.05) is 109 Å². The fraction of sp³-hybridized carbons (Fsp3) is 0.500. The summed E-state index contributed by atoms with van der Waals surface area (Å²) in [5.41, 5.74) is 0.825. The predicted octanol–water partition coefficient (Wildman–Crippen LogP) is 7.31. The Morgan fingerprint density at radius 2 is 2.03 bits per heavy atom. The second-order valence-electron chi connectivity index (χ2n) is 8.39. The number of rotatable bonds is 14. The minimum Gasteiger partial charge on any atom is -0.457 e.